The minimum Gasteiger partial charge on any atom is -0.494 e. The number of alkyl halides is 2. The van der Waals surface area contributed by atoms with E-state index >= 15 is 0 Å². The highest BCUT2D eigenvalue weighted by Gasteiger charge is 2.50. The van der Waals surface area contributed by atoms with E-state index in [1.54, 1.807) is 23.1 Å². The summed E-state index contributed by atoms with van der Waals surface area (Å²) in [7, 11) is 0. The van der Waals surface area contributed by atoms with Gasteiger partial charge in [-0.05, 0) is 51.5 Å². The molecule has 2 aliphatic heterocycles. The van der Waals surface area contributed by atoms with Gasteiger partial charge in [-0.15, -0.1) is 0 Å². The van der Waals surface area contributed by atoms with E-state index in [9.17, 15) is 23.2 Å². The first kappa shape index (κ1) is 30.9. The standard InChI is InChI=1S/C29H36F2N6O5/c1-28(2,3)42-27(40)36-13-11-35(12-14-36)10-5-15-41-20-6-7-23-22(16-20)21(8-9-33-23)26(39)34-18-25(38)37-19-29(30,31)17-24(37)32-4/h6-9,16,24H,5,10-15,17-19H2,1-3H3,(H,34,39)/t24-/m0/s1. The molecule has 1 N–H and O–H groups in total. The molecule has 0 saturated carbocycles. The second-order valence-electron chi connectivity index (χ2n) is 11.4. The maximum atomic E-state index is 13.7. The number of aromatic nitrogens is 1. The summed E-state index contributed by atoms with van der Waals surface area (Å²) in [5.74, 6) is -3.88. The summed E-state index contributed by atoms with van der Waals surface area (Å²) in [5.41, 5.74) is 0.291. The maximum Gasteiger partial charge on any atom is 0.410 e. The summed E-state index contributed by atoms with van der Waals surface area (Å²) in [4.78, 5) is 49.9. The summed E-state index contributed by atoms with van der Waals surface area (Å²) in [6.45, 7) is 15.3. The minimum atomic E-state index is -3.12. The number of amides is 3. The smallest absolute Gasteiger partial charge is 0.410 e. The fraction of sp³-hybridized carbons (Fsp3) is 0.552. The Kier molecular flexibility index (Phi) is 9.46. The van der Waals surface area contributed by atoms with Gasteiger partial charge < -0.3 is 19.7 Å². The van der Waals surface area contributed by atoms with Crippen molar-refractivity contribution in [3.63, 3.8) is 0 Å². The Balaban J connectivity index is 1.26. The Morgan fingerprint density at radius 2 is 1.90 bits per heavy atom. The number of ether oxygens (including phenoxy) is 2. The van der Waals surface area contributed by atoms with Gasteiger partial charge in [0.2, 0.25) is 5.91 Å². The molecule has 1 atom stereocenters. The molecular formula is C29H36F2N6O5. The van der Waals surface area contributed by atoms with E-state index in [4.69, 9.17) is 16.0 Å². The largest absolute Gasteiger partial charge is 0.494 e. The molecule has 2 aromatic rings. The molecule has 0 unspecified atom stereocenters. The number of fused-ring (bicyclic) bond motifs is 1. The van der Waals surface area contributed by atoms with Crippen LogP contribution in [0.1, 0.15) is 44.0 Å². The molecule has 2 fully saturated rings. The number of piperazine rings is 1. The van der Waals surface area contributed by atoms with Crippen molar-refractivity contribution >= 4 is 28.8 Å². The van der Waals surface area contributed by atoms with Crippen molar-refractivity contribution < 1.29 is 32.6 Å². The van der Waals surface area contributed by atoms with Gasteiger partial charge in [-0.3, -0.25) is 29.2 Å². The normalized spacial score (nSPS) is 18.9. The zero-order valence-corrected chi connectivity index (χ0v) is 24.1. The van der Waals surface area contributed by atoms with Crippen molar-refractivity contribution in [3.05, 3.63) is 47.4 Å². The molecule has 13 heteroatoms. The number of hydrogen-bond donors (Lipinski definition) is 1. The van der Waals surface area contributed by atoms with Crippen molar-refractivity contribution in [3.8, 4) is 5.75 Å². The van der Waals surface area contributed by atoms with Crippen LogP contribution in [0.4, 0.5) is 13.6 Å². The molecule has 3 heterocycles. The number of halogens is 2. The number of hydrogen-bond acceptors (Lipinski definition) is 7. The Morgan fingerprint density at radius 3 is 2.60 bits per heavy atom. The molecule has 4 rings (SSSR count). The van der Waals surface area contributed by atoms with Gasteiger partial charge in [0, 0.05) is 44.3 Å². The Morgan fingerprint density at radius 1 is 1.17 bits per heavy atom. The first-order chi connectivity index (χ1) is 19.8. The van der Waals surface area contributed by atoms with Gasteiger partial charge in [0.05, 0.1) is 30.8 Å². The van der Waals surface area contributed by atoms with Gasteiger partial charge >= 0.3 is 12.3 Å². The highest BCUT2D eigenvalue weighted by molar-refractivity contribution is 6.07. The van der Waals surface area contributed by atoms with Crippen LogP contribution in [-0.2, 0) is 9.53 Å². The number of pyridine rings is 1. The minimum absolute atomic E-state index is 0.259. The van der Waals surface area contributed by atoms with Crippen LogP contribution in [0.5, 0.6) is 5.75 Å². The molecule has 226 valence electrons. The molecule has 0 radical (unpaired) electrons. The fourth-order valence-electron chi connectivity index (χ4n) is 4.89. The van der Waals surface area contributed by atoms with Crippen molar-refractivity contribution in [1.29, 1.82) is 0 Å². The van der Waals surface area contributed by atoms with Gasteiger partial charge in [-0.2, -0.15) is 0 Å². The Bertz CT molecular complexity index is 1350. The van der Waals surface area contributed by atoms with E-state index in [2.05, 4.69) is 20.0 Å². The average Bonchev–Trinajstić information content (AvgIpc) is 3.27. The van der Waals surface area contributed by atoms with Crippen LogP contribution in [-0.4, -0.2) is 108 Å². The van der Waals surface area contributed by atoms with E-state index in [0.29, 0.717) is 36.3 Å². The van der Waals surface area contributed by atoms with E-state index in [0.717, 1.165) is 31.0 Å². The molecule has 42 heavy (non-hydrogen) atoms. The van der Waals surface area contributed by atoms with Gasteiger partial charge in [0.1, 0.15) is 17.8 Å². The molecule has 0 aliphatic carbocycles. The number of likely N-dealkylation sites (tertiary alicyclic amines) is 1. The molecule has 1 aromatic heterocycles. The molecule has 2 aliphatic rings. The number of carbonyl (C=O) groups excluding carboxylic acids is 3. The number of nitrogens with one attached hydrogen (secondary N) is 1. The van der Waals surface area contributed by atoms with Crippen LogP contribution in [0.2, 0.25) is 0 Å². The molecule has 2 saturated heterocycles. The van der Waals surface area contributed by atoms with Crippen molar-refractivity contribution in [1.82, 2.24) is 25.0 Å². The predicted molar refractivity (Wildman–Crippen MR) is 150 cm³/mol. The zero-order chi connectivity index (χ0) is 30.5. The number of carbonyl (C=O) groups is 3. The topological polar surface area (TPSA) is 109 Å². The van der Waals surface area contributed by atoms with Gasteiger partial charge in [-0.25, -0.2) is 20.1 Å². The Hall–Kier alpha value is -4.05. The Labute approximate surface area is 243 Å². The molecule has 0 spiro atoms. The summed E-state index contributed by atoms with van der Waals surface area (Å²) >= 11 is 0. The lowest BCUT2D eigenvalue weighted by molar-refractivity contribution is -0.131. The lowest BCUT2D eigenvalue weighted by Crippen LogP contribution is -2.50. The predicted octanol–water partition coefficient (Wildman–Crippen LogP) is 3.40. The maximum absolute atomic E-state index is 13.7. The quantitative estimate of drug-likeness (QED) is 0.373. The molecule has 3 amide bonds. The number of nitrogens with zero attached hydrogens (tertiary/aromatic N) is 5. The number of rotatable bonds is 8. The lowest BCUT2D eigenvalue weighted by Gasteiger charge is -2.35. The van der Waals surface area contributed by atoms with Crippen LogP contribution in [0.15, 0.2) is 30.5 Å². The summed E-state index contributed by atoms with van der Waals surface area (Å²) < 4.78 is 38.8. The first-order valence-electron chi connectivity index (χ1n) is 13.9. The zero-order valence-electron chi connectivity index (χ0n) is 24.1. The van der Waals surface area contributed by atoms with Gasteiger partial charge in [0.25, 0.3) is 11.8 Å². The van der Waals surface area contributed by atoms with Crippen LogP contribution < -0.4 is 10.1 Å². The molecular weight excluding hydrogens is 550 g/mol. The average molecular weight is 587 g/mol. The van der Waals surface area contributed by atoms with Crippen molar-refractivity contribution in [2.45, 2.75) is 51.3 Å². The molecule has 11 nitrogen and oxygen atoms in total. The third-order valence-electron chi connectivity index (χ3n) is 6.98. The second kappa shape index (κ2) is 12.9. The third-order valence-corrected chi connectivity index (χ3v) is 6.98. The van der Waals surface area contributed by atoms with Crippen molar-refractivity contribution in [2.75, 3.05) is 52.4 Å². The second-order valence-corrected chi connectivity index (χ2v) is 11.4. The summed E-state index contributed by atoms with van der Waals surface area (Å²) in [5, 5.41) is 3.00. The SMILES string of the molecule is [C-]#[N+][C@@H]1CC(F)(F)CN1C(=O)CNC(=O)c1ccnc2ccc(OCCCN3CCN(C(=O)OC(C)(C)C)CC3)cc12. The lowest BCUT2D eigenvalue weighted by atomic mass is 10.1. The molecule has 0 bridgehead atoms. The summed E-state index contributed by atoms with van der Waals surface area (Å²) in [6.07, 6.45) is -0.0148. The van der Waals surface area contributed by atoms with Crippen LogP contribution >= 0.6 is 0 Å². The van der Waals surface area contributed by atoms with Crippen LogP contribution in [0, 0.1) is 6.57 Å². The van der Waals surface area contributed by atoms with Gasteiger partial charge in [-0.1, -0.05) is 0 Å². The third kappa shape index (κ3) is 8.03. The van der Waals surface area contributed by atoms with E-state index in [1.807, 2.05) is 20.8 Å². The highest BCUT2D eigenvalue weighted by Crippen LogP contribution is 2.32. The van der Waals surface area contributed by atoms with Crippen LogP contribution in [0.25, 0.3) is 15.7 Å². The number of benzene rings is 1. The van der Waals surface area contributed by atoms with Crippen molar-refractivity contribution in [2.24, 2.45) is 0 Å². The highest BCUT2D eigenvalue weighted by atomic mass is 19.3. The van der Waals surface area contributed by atoms with Crippen LogP contribution in [0.3, 0.4) is 0 Å². The monoisotopic (exact) mass is 586 g/mol. The first-order valence-corrected chi connectivity index (χ1v) is 13.9. The van der Waals surface area contributed by atoms with E-state index in [1.165, 1.54) is 12.3 Å². The summed E-state index contributed by atoms with van der Waals surface area (Å²) in [6, 6.07) is 6.71. The fourth-order valence-corrected chi connectivity index (χ4v) is 4.89. The molecule has 1 aromatic carbocycles. The van der Waals surface area contributed by atoms with E-state index in [-0.39, 0.29) is 11.7 Å². The van der Waals surface area contributed by atoms with Gasteiger partial charge in [0.15, 0.2) is 0 Å². The van der Waals surface area contributed by atoms with E-state index < -0.39 is 49.0 Å².